The van der Waals surface area contributed by atoms with Gasteiger partial charge in [0.15, 0.2) is 18.1 Å². The minimum Gasteiger partial charge on any atom is -0.493 e. The number of methoxy groups -OCH3 is 2. The zero-order valence-electron chi connectivity index (χ0n) is 37.9. The van der Waals surface area contributed by atoms with Crippen molar-refractivity contribution in [2.24, 2.45) is 7.05 Å². The van der Waals surface area contributed by atoms with E-state index in [4.69, 9.17) is 24.2 Å². The summed E-state index contributed by atoms with van der Waals surface area (Å²) >= 11 is 0. The van der Waals surface area contributed by atoms with Crippen molar-refractivity contribution in [1.82, 2.24) is 34.9 Å². The molecule has 2 atom stereocenters. The number of rotatable bonds is 20. The summed E-state index contributed by atoms with van der Waals surface area (Å²) in [7, 11) is 5.00. The SMILES string of the molecule is COc1cc2c(N[C@H](C)c3cccc(C(F)(F)CO)c3)nc(C)nc2c(CCCCCCCCN2CCN(C(=O)COc3cccc4c(C5CCC(=O)NC5=O)nn(C)c34)CC2)c1OC. The minimum atomic E-state index is -3.34. The van der Waals surface area contributed by atoms with Gasteiger partial charge in [-0.2, -0.15) is 13.9 Å². The number of hydrogen-bond donors (Lipinski definition) is 3. The van der Waals surface area contributed by atoms with Crippen molar-refractivity contribution < 1.29 is 42.5 Å². The number of hydrogen-bond acceptors (Lipinski definition) is 12. The second-order valence-electron chi connectivity index (χ2n) is 17.0. The molecule has 17 heteroatoms. The summed E-state index contributed by atoms with van der Waals surface area (Å²) in [6, 6.07) is 13.0. The van der Waals surface area contributed by atoms with Gasteiger partial charge >= 0.3 is 0 Å². The first-order valence-corrected chi connectivity index (χ1v) is 22.5. The van der Waals surface area contributed by atoms with E-state index < -0.39 is 18.4 Å². The Labute approximate surface area is 377 Å². The molecule has 5 aromatic rings. The van der Waals surface area contributed by atoms with Crippen LogP contribution in [0.3, 0.4) is 0 Å². The Hall–Kier alpha value is -5.94. The number of anilines is 1. The van der Waals surface area contributed by atoms with Crippen LogP contribution in [0.4, 0.5) is 14.6 Å². The maximum Gasteiger partial charge on any atom is 0.295 e. The Morgan fingerprint density at radius 2 is 1.69 bits per heavy atom. The number of nitrogens with zero attached hydrogens (tertiary/aromatic N) is 6. The van der Waals surface area contributed by atoms with E-state index in [9.17, 15) is 28.3 Å². The van der Waals surface area contributed by atoms with Gasteiger partial charge in [0.1, 0.15) is 29.5 Å². The number of fused-ring (bicyclic) bond motifs is 2. The van der Waals surface area contributed by atoms with Crippen molar-refractivity contribution in [1.29, 1.82) is 0 Å². The number of carbonyl (C=O) groups excluding carboxylic acids is 3. The number of aliphatic hydroxyl groups excluding tert-OH is 1. The van der Waals surface area contributed by atoms with Gasteiger partial charge in [-0.3, -0.25) is 29.3 Å². The number of piperazine rings is 1. The monoisotopic (exact) mass is 898 g/mol. The average Bonchev–Trinajstić information content (AvgIpc) is 3.64. The van der Waals surface area contributed by atoms with Crippen molar-refractivity contribution in [2.75, 3.05) is 65.5 Å². The number of amides is 3. The molecule has 0 aliphatic carbocycles. The van der Waals surface area contributed by atoms with Gasteiger partial charge in [-0.25, -0.2) is 9.97 Å². The maximum absolute atomic E-state index is 14.3. The molecular weight excluding hydrogens is 839 g/mol. The number of benzene rings is 3. The van der Waals surface area contributed by atoms with Crippen molar-refractivity contribution in [2.45, 2.75) is 89.5 Å². The fourth-order valence-corrected chi connectivity index (χ4v) is 8.99. The third-order valence-corrected chi connectivity index (χ3v) is 12.6. The van der Waals surface area contributed by atoms with Gasteiger partial charge < -0.3 is 29.5 Å². The predicted molar refractivity (Wildman–Crippen MR) is 243 cm³/mol. The number of aromatic nitrogens is 4. The molecule has 3 N–H and O–H groups in total. The van der Waals surface area contributed by atoms with Crippen LogP contribution >= 0.6 is 0 Å². The topological polar surface area (TPSA) is 173 Å². The van der Waals surface area contributed by atoms with E-state index in [0.717, 1.165) is 86.4 Å². The highest BCUT2D eigenvalue weighted by molar-refractivity contribution is 6.03. The molecule has 0 radical (unpaired) electrons. The van der Waals surface area contributed by atoms with E-state index in [1.54, 1.807) is 44.1 Å². The number of para-hydroxylation sites is 1. The lowest BCUT2D eigenvalue weighted by Gasteiger charge is -2.34. The van der Waals surface area contributed by atoms with Crippen LogP contribution in [0.25, 0.3) is 21.8 Å². The molecule has 65 heavy (non-hydrogen) atoms. The molecule has 3 amide bonds. The van der Waals surface area contributed by atoms with Gasteiger partial charge in [-0.05, 0) is 69.8 Å². The molecular formula is C48H60F2N8O7. The van der Waals surface area contributed by atoms with Crippen molar-refractivity contribution in [3.8, 4) is 17.2 Å². The highest BCUT2D eigenvalue weighted by Crippen LogP contribution is 2.41. The van der Waals surface area contributed by atoms with Crippen LogP contribution < -0.4 is 24.8 Å². The number of piperidine rings is 1. The highest BCUT2D eigenvalue weighted by Gasteiger charge is 2.33. The molecule has 4 heterocycles. The fraction of sp³-hybridized carbons (Fsp3) is 0.500. The number of alkyl halides is 2. The van der Waals surface area contributed by atoms with Gasteiger partial charge in [0, 0.05) is 67.6 Å². The Morgan fingerprint density at radius 1 is 0.954 bits per heavy atom. The fourth-order valence-electron chi connectivity index (χ4n) is 8.99. The van der Waals surface area contributed by atoms with E-state index in [2.05, 4.69) is 20.6 Å². The molecule has 2 aliphatic heterocycles. The molecule has 15 nitrogen and oxygen atoms in total. The normalized spacial score (nSPS) is 16.5. The number of nitrogens with one attached hydrogen (secondary N) is 2. The third-order valence-electron chi connectivity index (χ3n) is 12.6. The summed E-state index contributed by atoms with van der Waals surface area (Å²) in [6.45, 7) is 6.22. The molecule has 348 valence electrons. The standard InChI is InChI=1S/C48H60F2N8O7/c1-30(32-14-12-15-33(26-32)48(49,50)29-59)51-46-37-27-39(63-4)45(64-5)35(42(37)52-31(2)53-46)16-10-8-6-7-9-11-21-57-22-24-58(25-23-57)41(61)28-65-38-18-13-17-34-43(55-56(3)44(34)38)36-19-20-40(60)54-47(36)62/h12-15,17-18,26-27,30,36,59H,6-11,16,19-25,28-29H2,1-5H3,(H,51,52,53)(H,54,60,62)/t30-,36?/m1/s1. The molecule has 2 aliphatic rings. The summed E-state index contributed by atoms with van der Waals surface area (Å²) < 4.78 is 48.0. The largest absolute Gasteiger partial charge is 0.493 e. The first kappa shape index (κ1) is 47.0. The van der Waals surface area contributed by atoms with Crippen molar-refractivity contribution in [3.05, 3.63) is 76.7 Å². The third kappa shape index (κ3) is 10.8. The van der Waals surface area contributed by atoms with E-state index in [1.165, 1.54) is 12.1 Å². The Kier molecular flexibility index (Phi) is 15.1. The van der Waals surface area contributed by atoms with E-state index in [0.29, 0.717) is 65.2 Å². The molecule has 2 saturated heterocycles. The molecule has 0 bridgehead atoms. The van der Waals surface area contributed by atoms with Crippen LogP contribution in [-0.2, 0) is 33.8 Å². The van der Waals surface area contributed by atoms with Crippen LogP contribution in [0.5, 0.6) is 17.2 Å². The van der Waals surface area contributed by atoms with Gasteiger partial charge in [-0.15, -0.1) is 0 Å². The Bertz CT molecular complexity index is 2510. The van der Waals surface area contributed by atoms with E-state index in [-0.39, 0.29) is 42.4 Å². The van der Waals surface area contributed by atoms with E-state index in [1.807, 2.05) is 36.9 Å². The molecule has 2 aromatic heterocycles. The summed E-state index contributed by atoms with van der Waals surface area (Å²) in [4.78, 5) is 51.3. The second kappa shape index (κ2) is 20.9. The quantitative estimate of drug-likeness (QED) is 0.0557. The van der Waals surface area contributed by atoms with Crippen LogP contribution in [0, 0.1) is 6.92 Å². The molecule has 0 spiro atoms. The predicted octanol–water partition coefficient (Wildman–Crippen LogP) is 6.73. The minimum absolute atomic E-state index is 0.0724. The number of imide groups is 1. The summed E-state index contributed by atoms with van der Waals surface area (Å²) in [5.74, 6) is -1.73. The first-order chi connectivity index (χ1) is 31.3. The lowest BCUT2D eigenvalue weighted by molar-refractivity contribution is -0.135. The Morgan fingerprint density at radius 3 is 2.42 bits per heavy atom. The van der Waals surface area contributed by atoms with Gasteiger partial charge in [0.2, 0.25) is 11.8 Å². The summed E-state index contributed by atoms with van der Waals surface area (Å²) in [6.07, 6.45) is 7.74. The zero-order valence-corrected chi connectivity index (χ0v) is 37.9. The second-order valence-corrected chi connectivity index (χ2v) is 17.0. The number of halogens is 2. The average molecular weight is 899 g/mol. The van der Waals surface area contributed by atoms with Crippen LogP contribution in [0.2, 0.25) is 0 Å². The Balaban J connectivity index is 0.852. The number of ether oxygens (including phenoxy) is 3. The van der Waals surface area contributed by atoms with Crippen molar-refractivity contribution in [3.63, 3.8) is 0 Å². The number of aliphatic hydroxyl groups is 1. The van der Waals surface area contributed by atoms with E-state index >= 15 is 0 Å². The van der Waals surface area contributed by atoms with Crippen LogP contribution in [0.1, 0.15) is 98.5 Å². The maximum atomic E-state index is 14.3. The first-order valence-electron chi connectivity index (χ1n) is 22.5. The number of unbranched alkanes of at least 4 members (excludes halogenated alkanes) is 5. The molecule has 2 fully saturated rings. The van der Waals surface area contributed by atoms with Crippen molar-refractivity contribution >= 4 is 45.3 Å². The molecule has 7 rings (SSSR count). The summed E-state index contributed by atoms with van der Waals surface area (Å²) in [5, 5.41) is 21.2. The smallest absolute Gasteiger partial charge is 0.295 e. The van der Waals surface area contributed by atoms with Gasteiger partial charge in [0.25, 0.3) is 11.8 Å². The molecule has 1 unspecified atom stereocenters. The van der Waals surface area contributed by atoms with Crippen LogP contribution in [-0.4, -0.2) is 113 Å². The highest BCUT2D eigenvalue weighted by atomic mass is 19.3. The molecule has 0 saturated carbocycles. The van der Waals surface area contributed by atoms with Crippen LogP contribution in [0.15, 0.2) is 48.5 Å². The number of aryl methyl sites for hydroxylation is 3. The lowest BCUT2D eigenvalue weighted by Crippen LogP contribution is -2.50. The zero-order chi connectivity index (χ0) is 46.3. The molecule has 3 aromatic carbocycles. The van der Waals surface area contributed by atoms with Gasteiger partial charge in [0.05, 0.1) is 31.3 Å². The summed E-state index contributed by atoms with van der Waals surface area (Å²) in [5.41, 5.74) is 3.37. The number of carbonyl (C=O) groups is 3. The van der Waals surface area contributed by atoms with Gasteiger partial charge in [-0.1, -0.05) is 56.0 Å². The lowest BCUT2D eigenvalue weighted by atomic mass is 9.93.